The van der Waals surface area contributed by atoms with Crippen LogP contribution in [0.5, 0.6) is 17.2 Å². The minimum absolute atomic E-state index is 0.228. The Morgan fingerprint density at radius 3 is 2.58 bits per heavy atom. The van der Waals surface area contributed by atoms with Crippen molar-refractivity contribution in [2.75, 3.05) is 41.0 Å². The van der Waals surface area contributed by atoms with E-state index in [1.807, 2.05) is 24.3 Å². The van der Waals surface area contributed by atoms with Crippen LogP contribution in [0.2, 0.25) is 5.02 Å². The highest BCUT2D eigenvalue weighted by atomic mass is 35.5. The summed E-state index contributed by atoms with van der Waals surface area (Å²) in [6, 6.07) is 12.4. The fraction of sp³-hybridized carbons (Fsp3) is 0.400. The average molecular weight is 377 g/mol. The summed E-state index contributed by atoms with van der Waals surface area (Å²) >= 11 is 6.38. The molecule has 2 aromatic rings. The zero-order valence-electron chi connectivity index (χ0n) is 15.4. The number of benzene rings is 2. The van der Waals surface area contributed by atoms with E-state index >= 15 is 0 Å². The molecule has 1 unspecified atom stereocenters. The number of hydrogen-bond donors (Lipinski definition) is 1. The lowest BCUT2D eigenvalue weighted by Gasteiger charge is -2.37. The summed E-state index contributed by atoms with van der Waals surface area (Å²) < 4.78 is 16.3. The van der Waals surface area contributed by atoms with Gasteiger partial charge in [0.2, 0.25) is 0 Å². The monoisotopic (exact) mass is 376 g/mol. The highest BCUT2D eigenvalue weighted by Gasteiger charge is 2.26. The fourth-order valence-electron chi connectivity index (χ4n) is 3.48. The first-order valence-electron chi connectivity index (χ1n) is 8.66. The van der Waals surface area contributed by atoms with Crippen molar-refractivity contribution in [3.05, 3.63) is 52.5 Å². The highest BCUT2D eigenvalue weighted by molar-refractivity contribution is 6.32. The third-order valence-corrected chi connectivity index (χ3v) is 5.01. The molecule has 1 aliphatic rings. The van der Waals surface area contributed by atoms with Gasteiger partial charge in [-0.2, -0.15) is 0 Å². The summed E-state index contributed by atoms with van der Waals surface area (Å²) in [4.78, 5) is 2.44. The molecule has 0 spiro atoms. The maximum Gasteiger partial charge on any atom is 0.179 e. The lowest BCUT2D eigenvalue weighted by Crippen LogP contribution is -2.45. The predicted molar refractivity (Wildman–Crippen MR) is 104 cm³/mol. The van der Waals surface area contributed by atoms with Crippen LogP contribution >= 0.6 is 11.6 Å². The van der Waals surface area contributed by atoms with Gasteiger partial charge in [0.25, 0.3) is 0 Å². The van der Waals surface area contributed by atoms with Gasteiger partial charge in [-0.15, -0.1) is 0 Å². The van der Waals surface area contributed by atoms with Gasteiger partial charge in [0, 0.05) is 31.7 Å². The first-order valence-corrected chi connectivity index (χ1v) is 9.03. The van der Waals surface area contributed by atoms with Crippen molar-refractivity contribution in [3.8, 4) is 17.2 Å². The lowest BCUT2D eigenvalue weighted by molar-refractivity contribution is 0.151. The first kappa shape index (κ1) is 18.8. The Morgan fingerprint density at radius 2 is 1.85 bits per heavy atom. The molecule has 0 aliphatic carbocycles. The maximum atomic E-state index is 6.38. The van der Waals surface area contributed by atoms with Gasteiger partial charge in [-0.3, -0.25) is 4.90 Å². The molecule has 2 aromatic carbocycles. The number of rotatable bonds is 6. The number of piperazine rings is 1. The van der Waals surface area contributed by atoms with Gasteiger partial charge in [-0.25, -0.2) is 0 Å². The highest BCUT2D eigenvalue weighted by Crippen LogP contribution is 2.37. The molecule has 0 aromatic heterocycles. The van der Waals surface area contributed by atoms with E-state index in [9.17, 15) is 0 Å². The molecule has 6 heteroatoms. The van der Waals surface area contributed by atoms with E-state index in [1.54, 1.807) is 21.3 Å². The van der Waals surface area contributed by atoms with E-state index in [4.69, 9.17) is 25.8 Å². The zero-order chi connectivity index (χ0) is 18.5. The van der Waals surface area contributed by atoms with Crippen molar-refractivity contribution in [1.82, 2.24) is 10.2 Å². The molecule has 0 bridgehead atoms. The van der Waals surface area contributed by atoms with Gasteiger partial charge in [0.15, 0.2) is 11.5 Å². The third kappa shape index (κ3) is 3.90. The van der Waals surface area contributed by atoms with Crippen molar-refractivity contribution in [2.24, 2.45) is 0 Å². The Bertz CT molecular complexity index is 754. The number of nitrogens with one attached hydrogen (secondary N) is 1. The molecular weight excluding hydrogens is 352 g/mol. The Labute approximate surface area is 159 Å². The molecule has 140 valence electrons. The minimum atomic E-state index is 0.228. The van der Waals surface area contributed by atoms with Gasteiger partial charge >= 0.3 is 0 Å². The Morgan fingerprint density at radius 1 is 1.08 bits per heavy atom. The van der Waals surface area contributed by atoms with Crippen LogP contribution in [0, 0.1) is 0 Å². The number of nitrogens with zero attached hydrogens (tertiary/aromatic N) is 1. The average Bonchev–Trinajstić information content (AvgIpc) is 2.68. The molecule has 5 nitrogen and oxygen atoms in total. The Hall–Kier alpha value is -1.95. The van der Waals surface area contributed by atoms with Crippen LogP contribution in [0.3, 0.4) is 0 Å². The first-order chi connectivity index (χ1) is 12.7. The van der Waals surface area contributed by atoms with E-state index in [2.05, 4.69) is 22.3 Å². The van der Waals surface area contributed by atoms with Gasteiger partial charge in [0.1, 0.15) is 5.75 Å². The molecule has 1 aliphatic heterocycles. The quantitative estimate of drug-likeness (QED) is 0.835. The summed E-state index contributed by atoms with van der Waals surface area (Å²) in [5.41, 5.74) is 2.28. The fourth-order valence-corrected chi connectivity index (χ4v) is 3.79. The van der Waals surface area contributed by atoms with Crippen LogP contribution in [0.4, 0.5) is 0 Å². The number of halogens is 1. The molecule has 0 radical (unpaired) electrons. The molecule has 1 heterocycles. The van der Waals surface area contributed by atoms with E-state index in [-0.39, 0.29) is 6.04 Å². The van der Waals surface area contributed by atoms with Crippen molar-refractivity contribution >= 4 is 11.6 Å². The van der Waals surface area contributed by atoms with Gasteiger partial charge < -0.3 is 19.5 Å². The van der Waals surface area contributed by atoms with E-state index < -0.39 is 0 Å². The molecule has 0 amide bonds. The van der Waals surface area contributed by atoms with E-state index in [0.29, 0.717) is 16.5 Å². The van der Waals surface area contributed by atoms with E-state index in [1.165, 1.54) is 5.56 Å². The number of para-hydroxylation sites is 1. The number of methoxy groups -OCH3 is 3. The minimum Gasteiger partial charge on any atom is -0.496 e. The summed E-state index contributed by atoms with van der Waals surface area (Å²) in [7, 11) is 4.94. The van der Waals surface area contributed by atoms with Crippen molar-refractivity contribution in [3.63, 3.8) is 0 Å². The second-order valence-electron chi connectivity index (χ2n) is 6.25. The van der Waals surface area contributed by atoms with Gasteiger partial charge in [-0.1, -0.05) is 29.8 Å². The standard InChI is InChI=1S/C20H25ClN2O3/c1-24-18-7-5-4-6-15(18)17-12-22-8-9-23(17)13-14-10-16(21)20(26-3)19(11-14)25-2/h4-7,10-11,17,22H,8-9,12-13H2,1-3H3. The normalized spacial score (nSPS) is 17.8. The van der Waals surface area contributed by atoms with Crippen molar-refractivity contribution in [1.29, 1.82) is 0 Å². The molecule has 1 N–H and O–H groups in total. The van der Waals surface area contributed by atoms with Crippen molar-refractivity contribution in [2.45, 2.75) is 12.6 Å². The Kier molecular flexibility index (Phi) is 6.25. The van der Waals surface area contributed by atoms with Crippen molar-refractivity contribution < 1.29 is 14.2 Å². The smallest absolute Gasteiger partial charge is 0.179 e. The predicted octanol–water partition coefficient (Wildman–Crippen LogP) is 3.51. The van der Waals surface area contributed by atoms with Gasteiger partial charge in [-0.05, 0) is 23.8 Å². The maximum absolute atomic E-state index is 6.38. The Balaban J connectivity index is 1.88. The van der Waals surface area contributed by atoms with Crippen LogP contribution in [0.15, 0.2) is 36.4 Å². The van der Waals surface area contributed by atoms with E-state index in [0.717, 1.165) is 37.5 Å². The second kappa shape index (κ2) is 8.62. The topological polar surface area (TPSA) is 43.0 Å². The zero-order valence-corrected chi connectivity index (χ0v) is 16.2. The summed E-state index contributed by atoms with van der Waals surface area (Å²) in [5.74, 6) is 2.13. The molecule has 1 atom stereocenters. The van der Waals surface area contributed by atoms with Crippen LogP contribution in [-0.2, 0) is 6.54 Å². The summed E-state index contributed by atoms with van der Waals surface area (Å²) in [5, 5.41) is 4.05. The summed E-state index contributed by atoms with van der Waals surface area (Å²) in [6.07, 6.45) is 0. The molecule has 26 heavy (non-hydrogen) atoms. The molecule has 1 fully saturated rings. The molecular formula is C20H25ClN2O3. The largest absolute Gasteiger partial charge is 0.496 e. The summed E-state index contributed by atoms with van der Waals surface area (Å²) in [6.45, 7) is 3.53. The third-order valence-electron chi connectivity index (χ3n) is 4.73. The second-order valence-corrected chi connectivity index (χ2v) is 6.65. The van der Waals surface area contributed by atoms with Crippen LogP contribution < -0.4 is 19.5 Å². The van der Waals surface area contributed by atoms with Gasteiger partial charge in [0.05, 0.1) is 32.4 Å². The number of ether oxygens (including phenoxy) is 3. The molecule has 1 saturated heterocycles. The van der Waals surface area contributed by atoms with Crippen LogP contribution in [0.1, 0.15) is 17.2 Å². The van der Waals surface area contributed by atoms with Crippen LogP contribution in [-0.4, -0.2) is 45.9 Å². The lowest BCUT2D eigenvalue weighted by atomic mass is 10.0. The van der Waals surface area contributed by atoms with Crippen LogP contribution in [0.25, 0.3) is 0 Å². The molecule has 3 rings (SSSR count). The molecule has 0 saturated carbocycles. The SMILES string of the molecule is COc1ccccc1C1CNCCN1Cc1cc(Cl)c(OC)c(OC)c1. The number of hydrogen-bond acceptors (Lipinski definition) is 5.